The molecular formula is C17H19NO5S2. The monoisotopic (exact) mass is 381 g/mol. The summed E-state index contributed by atoms with van der Waals surface area (Å²) in [6, 6.07) is 5.34. The van der Waals surface area contributed by atoms with Crippen molar-refractivity contribution in [2.24, 2.45) is 0 Å². The molecule has 1 aliphatic rings. The van der Waals surface area contributed by atoms with Gasteiger partial charge >= 0.3 is 5.97 Å². The van der Waals surface area contributed by atoms with Crippen molar-refractivity contribution >= 4 is 46.3 Å². The fraction of sp³-hybridized carbons (Fsp3) is 0.353. The summed E-state index contributed by atoms with van der Waals surface area (Å²) in [5.41, 5.74) is 0.745. The fourth-order valence-corrected chi connectivity index (χ4v) is 3.51. The zero-order valence-corrected chi connectivity index (χ0v) is 15.9. The first-order valence-corrected chi connectivity index (χ1v) is 8.85. The molecule has 0 unspecified atom stereocenters. The summed E-state index contributed by atoms with van der Waals surface area (Å²) in [6.45, 7) is 2.26. The first-order valence-electron chi connectivity index (χ1n) is 7.63. The molecule has 0 spiro atoms. The number of rotatable bonds is 7. The second kappa shape index (κ2) is 8.87. The number of hydrogen-bond acceptors (Lipinski definition) is 7. The summed E-state index contributed by atoms with van der Waals surface area (Å²) >= 11 is 6.45. The van der Waals surface area contributed by atoms with Gasteiger partial charge in [0.1, 0.15) is 15.8 Å². The smallest absolute Gasteiger partial charge is 0.307 e. The lowest BCUT2D eigenvalue weighted by atomic mass is 10.1. The lowest BCUT2D eigenvalue weighted by Crippen LogP contribution is -2.30. The molecule has 134 valence electrons. The molecule has 1 saturated heterocycles. The number of methoxy groups -OCH3 is 2. The molecule has 1 aromatic rings. The average Bonchev–Trinajstić information content (AvgIpc) is 2.87. The van der Waals surface area contributed by atoms with E-state index in [0.29, 0.717) is 27.3 Å². The van der Waals surface area contributed by atoms with E-state index in [0.717, 1.165) is 5.56 Å². The number of ether oxygens (including phenoxy) is 3. The zero-order valence-electron chi connectivity index (χ0n) is 14.2. The minimum Gasteiger partial charge on any atom is -0.497 e. The van der Waals surface area contributed by atoms with Crippen LogP contribution < -0.4 is 9.47 Å². The largest absolute Gasteiger partial charge is 0.497 e. The van der Waals surface area contributed by atoms with Crippen LogP contribution in [0.25, 0.3) is 6.08 Å². The van der Waals surface area contributed by atoms with Gasteiger partial charge in [-0.15, -0.1) is 0 Å². The van der Waals surface area contributed by atoms with E-state index in [4.69, 9.17) is 26.4 Å². The predicted molar refractivity (Wildman–Crippen MR) is 101 cm³/mol. The number of thioether (sulfide) groups is 1. The van der Waals surface area contributed by atoms with Crippen LogP contribution in [0.1, 0.15) is 18.9 Å². The van der Waals surface area contributed by atoms with Gasteiger partial charge in [0.2, 0.25) is 0 Å². The van der Waals surface area contributed by atoms with Crippen molar-refractivity contribution in [2.45, 2.75) is 13.3 Å². The minimum atomic E-state index is -0.350. The van der Waals surface area contributed by atoms with Crippen LogP contribution in [0.5, 0.6) is 11.5 Å². The van der Waals surface area contributed by atoms with Gasteiger partial charge in [-0.25, -0.2) is 0 Å². The summed E-state index contributed by atoms with van der Waals surface area (Å²) in [4.78, 5) is 25.9. The Labute approximate surface area is 156 Å². The first kappa shape index (κ1) is 19.3. The van der Waals surface area contributed by atoms with Crippen LogP contribution in [0.3, 0.4) is 0 Å². The highest BCUT2D eigenvalue weighted by atomic mass is 32.2. The third kappa shape index (κ3) is 4.73. The average molecular weight is 381 g/mol. The maximum absolute atomic E-state index is 12.5. The van der Waals surface area contributed by atoms with Gasteiger partial charge in [-0.3, -0.25) is 14.5 Å². The maximum atomic E-state index is 12.5. The van der Waals surface area contributed by atoms with Crippen LogP contribution in [0.2, 0.25) is 0 Å². The molecule has 0 N–H and O–H groups in total. The second-order valence-electron chi connectivity index (χ2n) is 5.00. The van der Waals surface area contributed by atoms with E-state index in [-0.39, 0.29) is 24.8 Å². The van der Waals surface area contributed by atoms with Crippen molar-refractivity contribution in [2.75, 3.05) is 27.4 Å². The van der Waals surface area contributed by atoms with Gasteiger partial charge in [0.05, 0.1) is 32.2 Å². The van der Waals surface area contributed by atoms with Crippen molar-refractivity contribution in [3.05, 3.63) is 28.7 Å². The molecule has 6 nitrogen and oxygen atoms in total. The molecule has 8 heteroatoms. The molecule has 1 amide bonds. The number of nitrogens with zero attached hydrogens (tertiary/aromatic N) is 1. The lowest BCUT2D eigenvalue weighted by molar-refractivity contribution is -0.143. The van der Waals surface area contributed by atoms with Gasteiger partial charge in [-0.05, 0) is 25.1 Å². The topological polar surface area (TPSA) is 65.1 Å². The molecule has 1 aromatic carbocycles. The molecule has 1 heterocycles. The summed E-state index contributed by atoms with van der Waals surface area (Å²) in [7, 11) is 3.12. The summed E-state index contributed by atoms with van der Waals surface area (Å²) in [5.74, 6) is 0.682. The van der Waals surface area contributed by atoms with Crippen LogP contribution in [-0.4, -0.2) is 48.5 Å². The van der Waals surface area contributed by atoms with E-state index in [1.54, 1.807) is 39.4 Å². The SMILES string of the molecule is CCOC(=O)CCN1C(=O)/C(=C/c2ccc(OC)cc2OC)SC1=S. The number of thiocarbonyl (C=S) groups is 1. The summed E-state index contributed by atoms with van der Waals surface area (Å²) in [6.07, 6.45) is 1.83. The third-order valence-corrected chi connectivity index (χ3v) is 4.82. The van der Waals surface area contributed by atoms with Crippen molar-refractivity contribution in [1.82, 2.24) is 4.90 Å². The van der Waals surface area contributed by atoms with Crippen molar-refractivity contribution in [1.29, 1.82) is 0 Å². The highest BCUT2D eigenvalue weighted by Gasteiger charge is 2.32. The molecule has 1 aliphatic heterocycles. The van der Waals surface area contributed by atoms with Gasteiger partial charge < -0.3 is 14.2 Å². The number of carbonyl (C=O) groups is 2. The van der Waals surface area contributed by atoms with E-state index in [1.807, 2.05) is 6.07 Å². The molecule has 1 fully saturated rings. The second-order valence-corrected chi connectivity index (χ2v) is 6.67. The van der Waals surface area contributed by atoms with Gasteiger partial charge in [0, 0.05) is 18.2 Å². The van der Waals surface area contributed by atoms with Crippen LogP contribution in [-0.2, 0) is 14.3 Å². The van der Waals surface area contributed by atoms with E-state index in [9.17, 15) is 9.59 Å². The first-order chi connectivity index (χ1) is 12.0. The number of benzene rings is 1. The number of carbonyl (C=O) groups excluding carboxylic acids is 2. The Balaban J connectivity index is 2.16. The Morgan fingerprint density at radius 2 is 2.08 bits per heavy atom. The van der Waals surface area contributed by atoms with Crippen LogP contribution in [0.15, 0.2) is 23.1 Å². The number of esters is 1. The Morgan fingerprint density at radius 1 is 1.32 bits per heavy atom. The normalized spacial score (nSPS) is 15.6. The van der Waals surface area contributed by atoms with E-state index in [1.165, 1.54) is 16.7 Å². The van der Waals surface area contributed by atoms with Gasteiger partial charge in [0.25, 0.3) is 5.91 Å². The summed E-state index contributed by atoms with van der Waals surface area (Å²) < 4.78 is 15.8. The molecule has 0 atom stereocenters. The standard InChI is InChI=1S/C17H19NO5S2/c1-4-23-15(19)7-8-18-16(20)14(25-17(18)24)9-11-5-6-12(21-2)10-13(11)22-3/h5-6,9-10H,4,7-8H2,1-3H3/b14-9-. The van der Waals surface area contributed by atoms with Crippen LogP contribution >= 0.6 is 24.0 Å². The minimum absolute atomic E-state index is 0.111. The third-order valence-electron chi connectivity index (χ3n) is 3.45. The molecule has 2 rings (SSSR count). The fourth-order valence-electron chi connectivity index (χ4n) is 2.21. The molecule has 25 heavy (non-hydrogen) atoms. The quantitative estimate of drug-likeness (QED) is 0.409. The van der Waals surface area contributed by atoms with E-state index in [2.05, 4.69) is 0 Å². The van der Waals surface area contributed by atoms with E-state index >= 15 is 0 Å². The molecule has 0 saturated carbocycles. The molecule has 0 aliphatic carbocycles. The predicted octanol–water partition coefficient (Wildman–Crippen LogP) is 2.86. The van der Waals surface area contributed by atoms with Gasteiger partial charge in [0.15, 0.2) is 0 Å². The van der Waals surface area contributed by atoms with E-state index < -0.39 is 0 Å². The number of hydrogen-bond donors (Lipinski definition) is 0. The maximum Gasteiger partial charge on any atom is 0.307 e. The Kier molecular flexibility index (Phi) is 6.83. The molecular weight excluding hydrogens is 362 g/mol. The van der Waals surface area contributed by atoms with Crippen LogP contribution in [0, 0.1) is 0 Å². The zero-order chi connectivity index (χ0) is 18.4. The molecule has 0 aromatic heterocycles. The highest BCUT2D eigenvalue weighted by molar-refractivity contribution is 8.26. The Hall–Kier alpha value is -2.06. The summed E-state index contributed by atoms with van der Waals surface area (Å²) in [5, 5.41) is 0. The number of amides is 1. The Bertz CT molecular complexity index is 717. The molecule has 0 bridgehead atoms. The van der Waals surface area contributed by atoms with Crippen molar-refractivity contribution in [3.63, 3.8) is 0 Å². The van der Waals surface area contributed by atoms with Crippen molar-refractivity contribution in [3.8, 4) is 11.5 Å². The Morgan fingerprint density at radius 3 is 2.72 bits per heavy atom. The van der Waals surface area contributed by atoms with Crippen molar-refractivity contribution < 1.29 is 23.8 Å². The lowest BCUT2D eigenvalue weighted by Gasteiger charge is -2.13. The van der Waals surface area contributed by atoms with Gasteiger partial charge in [-0.1, -0.05) is 24.0 Å². The van der Waals surface area contributed by atoms with Crippen LogP contribution in [0.4, 0.5) is 0 Å². The highest BCUT2D eigenvalue weighted by Crippen LogP contribution is 2.35. The van der Waals surface area contributed by atoms with Gasteiger partial charge in [-0.2, -0.15) is 0 Å². The molecule has 0 radical (unpaired) electrons.